The smallest absolute Gasteiger partial charge is 0.194 e. The molecule has 9 heteroatoms. The van der Waals surface area contributed by atoms with Crippen molar-refractivity contribution in [3.05, 3.63) is 35.9 Å². The van der Waals surface area contributed by atoms with Crippen LogP contribution in [0.3, 0.4) is 0 Å². The Labute approximate surface area is 183 Å². The molecule has 28 heavy (non-hydrogen) atoms. The number of guanidine groups is 1. The van der Waals surface area contributed by atoms with Crippen LogP contribution in [-0.4, -0.2) is 59.5 Å². The molecule has 1 aliphatic rings. The number of aromatic nitrogens is 3. The lowest BCUT2D eigenvalue weighted by Crippen LogP contribution is -2.40. The van der Waals surface area contributed by atoms with Gasteiger partial charge in [0, 0.05) is 38.7 Å². The number of hydrogen-bond acceptors (Lipinski definition) is 5. The molecule has 3 rings (SSSR count). The first-order valence-corrected chi connectivity index (χ1v) is 9.23. The van der Waals surface area contributed by atoms with Crippen LogP contribution < -0.4 is 14.8 Å². The summed E-state index contributed by atoms with van der Waals surface area (Å²) in [6.45, 7) is 5.27. The van der Waals surface area contributed by atoms with Crippen LogP contribution in [0.4, 0.5) is 0 Å². The van der Waals surface area contributed by atoms with Crippen molar-refractivity contribution in [2.24, 2.45) is 12.0 Å². The zero-order valence-electron chi connectivity index (χ0n) is 16.9. The summed E-state index contributed by atoms with van der Waals surface area (Å²) in [7, 11) is 5.25. The van der Waals surface area contributed by atoms with Gasteiger partial charge in [0.1, 0.15) is 30.2 Å². The van der Waals surface area contributed by atoms with Crippen molar-refractivity contribution < 1.29 is 9.47 Å². The van der Waals surface area contributed by atoms with Crippen LogP contribution in [0.5, 0.6) is 11.5 Å². The highest BCUT2D eigenvalue weighted by molar-refractivity contribution is 14.0. The van der Waals surface area contributed by atoms with E-state index in [2.05, 4.69) is 39.4 Å². The summed E-state index contributed by atoms with van der Waals surface area (Å²) in [6, 6.07) is 6.10. The van der Waals surface area contributed by atoms with Gasteiger partial charge in [-0.1, -0.05) is 0 Å². The van der Waals surface area contributed by atoms with Gasteiger partial charge in [0.2, 0.25) is 0 Å². The van der Waals surface area contributed by atoms with E-state index in [1.807, 2.05) is 13.1 Å². The number of aryl methyl sites for hydroxylation is 1. The first-order valence-electron chi connectivity index (χ1n) is 9.23. The maximum atomic E-state index is 5.42. The summed E-state index contributed by atoms with van der Waals surface area (Å²) in [4.78, 5) is 11.3. The van der Waals surface area contributed by atoms with E-state index in [0.29, 0.717) is 12.5 Å². The largest absolute Gasteiger partial charge is 0.497 e. The predicted molar refractivity (Wildman–Crippen MR) is 120 cm³/mol. The molecule has 0 spiro atoms. The van der Waals surface area contributed by atoms with Crippen LogP contribution >= 0.6 is 24.0 Å². The summed E-state index contributed by atoms with van der Waals surface area (Å²) >= 11 is 0. The second-order valence-corrected chi connectivity index (χ2v) is 6.55. The minimum atomic E-state index is 0. The topological polar surface area (TPSA) is 76.8 Å². The van der Waals surface area contributed by atoms with Crippen LogP contribution in [0.2, 0.25) is 0 Å². The summed E-state index contributed by atoms with van der Waals surface area (Å²) in [6.07, 6.45) is 2.62. The Balaban J connectivity index is 0.00000280. The molecule has 2 heterocycles. The molecule has 0 amide bonds. The summed E-state index contributed by atoms with van der Waals surface area (Å²) < 4.78 is 12.6. The predicted octanol–water partition coefficient (Wildman–Crippen LogP) is 2.41. The van der Waals surface area contributed by atoms with Crippen molar-refractivity contribution in [1.29, 1.82) is 0 Å². The van der Waals surface area contributed by atoms with Crippen molar-refractivity contribution in [2.75, 3.05) is 33.9 Å². The van der Waals surface area contributed by atoms with Crippen molar-refractivity contribution in [3.63, 3.8) is 0 Å². The summed E-state index contributed by atoms with van der Waals surface area (Å²) in [5.41, 5.74) is 1.23. The van der Waals surface area contributed by atoms with E-state index in [4.69, 9.17) is 14.5 Å². The van der Waals surface area contributed by atoms with E-state index in [9.17, 15) is 0 Å². The number of likely N-dealkylation sites (tertiary alicyclic amines) is 1. The molecule has 1 unspecified atom stereocenters. The second-order valence-electron chi connectivity index (χ2n) is 6.55. The number of hydrogen-bond donors (Lipinski definition) is 1. The quantitative estimate of drug-likeness (QED) is 0.373. The van der Waals surface area contributed by atoms with Gasteiger partial charge in [-0.3, -0.25) is 4.68 Å². The number of halogens is 1. The number of rotatable bonds is 6. The van der Waals surface area contributed by atoms with Crippen molar-refractivity contribution in [2.45, 2.75) is 25.8 Å². The van der Waals surface area contributed by atoms with Gasteiger partial charge in [-0.2, -0.15) is 5.10 Å². The molecular weight excluding hydrogens is 471 g/mol. The summed E-state index contributed by atoms with van der Waals surface area (Å²) in [5.74, 6) is 3.82. The van der Waals surface area contributed by atoms with Crippen molar-refractivity contribution >= 4 is 29.9 Å². The minimum absolute atomic E-state index is 0. The standard InChI is InChI=1S/C19H28N6O2.HI/c1-5-20-19(21-11-18-22-13-23-24(18)2)25-7-6-14(12-25)15-8-16(26-3)10-17(9-15)27-4;/h8-10,13-14H,5-7,11-12H2,1-4H3,(H,20,21);1H. The fourth-order valence-electron chi connectivity index (χ4n) is 3.32. The number of nitrogens with zero attached hydrogens (tertiary/aromatic N) is 5. The van der Waals surface area contributed by atoms with Gasteiger partial charge in [-0.15, -0.1) is 24.0 Å². The van der Waals surface area contributed by atoms with E-state index in [1.54, 1.807) is 25.2 Å². The average Bonchev–Trinajstić information content (AvgIpc) is 3.34. The highest BCUT2D eigenvalue weighted by Crippen LogP contribution is 2.32. The lowest BCUT2D eigenvalue weighted by Gasteiger charge is -2.22. The highest BCUT2D eigenvalue weighted by Gasteiger charge is 2.27. The molecule has 1 aliphatic heterocycles. The number of nitrogens with one attached hydrogen (secondary N) is 1. The van der Waals surface area contributed by atoms with Gasteiger partial charge < -0.3 is 19.7 Å². The monoisotopic (exact) mass is 500 g/mol. The second kappa shape index (κ2) is 10.5. The number of ether oxygens (including phenoxy) is 2. The molecule has 1 N–H and O–H groups in total. The molecule has 154 valence electrons. The minimum Gasteiger partial charge on any atom is -0.497 e. The number of benzene rings is 1. The normalized spacial score (nSPS) is 16.6. The molecule has 1 aromatic carbocycles. The van der Waals surface area contributed by atoms with Gasteiger partial charge in [-0.25, -0.2) is 9.98 Å². The van der Waals surface area contributed by atoms with Gasteiger partial charge in [0.05, 0.1) is 14.2 Å². The summed E-state index contributed by atoms with van der Waals surface area (Å²) in [5, 5.41) is 7.49. The van der Waals surface area contributed by atoms with Gasteiger partial charge >= 0.3 is 0 Å². The lowest BCUT2D eigenvalue weighted by molar-refractivity contribution is 0.392. The lowest BCUT2D eigenvalue weighted by atomic mass is 9.98. The molecule has 8 nitrogen and oxygen atoms in total. The average molecular weight is 500 g/mol. The first-order chi connectivity index (χ1) is 13.1. The Bertz CT molecular complexity index is 772. The zero-order chi connectivity index (χ0) is 19.2. The maximum absolute atomic E-state index is 5.42. The first kappa shape index (κ1) is 22.3. The van der Waals surface area contributed by atoms with Crippen LogP contribution in [0.25, 0.3) is 0 Å². The molecule has 0 bridgehead atoms. The van der Waals surface area contributed by atoms with Crippen LogP contribution in [0, 0.1) is 0 Å². The third-order valence-corrected chi connectivity index (χ3v) is 4.84. The van der Waals surface area contributed by atoms with Crippen molar-refractivity contribution in [1.82, 2.24) is 25.0 Å². The third-order valence-electron chi connectivity index (χ3n) is 4.84. The molecule has 2 aromatic rings. The Kier molecular flexibility index (Phi) is 8.34. The molecule has 1 saturated heterocycles. The van der Waals surface area contributed by atoms with E-state index in [1.165, 1.54) is 5.56 Å². The van der Waals surface area contributed by atoms with Crippen LogP contribution in [0.15, 0.2) is 29.5 Å². The molecule has 0 aliphatic carbocycles. The van der Waals surface area contributed by atoms with E-state index in [0.717, 1.165) is 49.3 Å². The van der Waals surface area contributed by atoms with Crippen LogP contribution in [0.1, 0.15) is 30.7 Å². The molecule has 0 radical (unpaired) electrons. The van der Waals surface area contributed by atoms with E-state index >= 15 is 0 Å². The van der Waals surface area contributed by atoms with E-state index in [-0.39, 0.29) is 24.0 Å². The molecular formula is C19H29IN6O2. The molecule has 0 saturated carbocycles. The zero-order valence-corrected chi connectivity index (χ0v) is 19.2. The highest BCUT2D eigenvalue weighted by atomic mass is 127. The van der Waals surface area contributed by atoms with Gasteiger partial charge in [-0.05, 0) is 31.0 Å². The van der Waals surface area contributed by atoms with Crippen LogP contribution in [-0.2, 0) is 13.6 Å². The Morgan fingerprint density at radius 3 is 2.54 bits per heavy atom. The number of aliphatic imine (C=N–C) groups is 1. The molecule has 1 atom stereocenters. The van der Waals surface area contributed by atoms with E-state index < -0.39 is 0 Å². The van der Waals surface area contributed by atoms with Crippen molar-refractivity contribution in [3.8, 4) is 11.5 Å². The molecule has 1 aromatic heterocycles. The fourth-order valence-corrected chi connectivity index (χ4v) is 3.32. The number of methoxy groups -OCH3 is 2. The Morgan fingerprint density at radius 2 is 1.96 bits per heavy atom. The van der Waals surface area contributed by atoms with Gasteiger partial charge in [0.15, 0.2) is 5.96 Å². The fraction of sp³-hybridized carbons (Fsp3) is 0.526. The Morgan fingerprint density at radius 1 is 1.25 bits per heavy atom. The SMILES string of the molecule is CCNC(=NCc1ncnn1C)N1CCC(c2cc(OC)cc(OC)c2)C1.I. The molecule has 1 fully saturated rings. The third kappa shape index (κ3) is 5.27. The van der Waals surface area contributed by atoms with Gasteiger partial charge in [0.25, 0.3) is 0 Å². The Hall–Kier alpha value is -2.04. The maximum Gasteiger partial charge on any atom is 0.194 e.